The molecule has 1 saturated heterocycles. The molecule has 7 heteroatoms. The van der Waals surface area contributed by atoms with Gasteiger partial charge in [-0.15, -0.1) is 0 Å². The summed E-state index contributed by atoms with van der Waals surface area (Å²) in [5.41, 5.74) is 9.12. The van der Waals surface area contributed by atoms with E-state index in [-0.39, 0.29) is 17.9 Å². The van der Waals surface area contributed by atoms with Crippen molar-refractivity contribution in [2.75, 3.05) is 27.2 Å². The molecule has 0 saturated carbocycles. The predicted octanol–water partition coefficient (Wildman–Crippen LogP) is 2.97. The molecule has 0 radical (unpaired) electrons. The largest absolute Gasteiger partial charge is 0.369 e. The molecule has 2 aromatic rings. The molecule has 1 spiro atoms. The van der Waals surface area contributed by atoms with Gasteiger partial charge in [-0.05, 0) is 74.8 Å². The first-order chi connectivity index (χ1) is 15.4. The van der Waals surface area contributed by atoms with E-state index >= 15 is 0 Å². The van der Waals surface area contributed by atoms with Crippen LogP contribution >= 0.6 is 0 Å². The zero-order valence-corrected chi connectivity index (χ0v) is 18.8. The number of guanidine groups is 1. The molecule has 2 N–H and O–H groups in total. The number of aliphatic imine (C=N–C) groups is 1. The van der Waals surface area contributed by atoms with Crippen LogP contribution in [0, 0.1) is 16.7 Å². The number of carbonyl (C=O) groups excluding carboxylic acids is 2. The SMILES string of the molecule is CC=O.CN1CCC2(CC1)C(=O)N(C)C(N)=NC2c1cccc(-c2cccc(C#N)c2)c1. The van der Waals surface area contributed by atoms with Crippen LogP contribution in [0.2, 0.25) is 0 Å². The number of hydrogen-bond acceptors (Lipinski definition) is 6. The first-order valence-corrected chi connectivity index (χ1v) is 10.7. The Balaban J connectivity index is 0.000000913. The van der Waals surface area contributed by atoms with Crippen molar-refractivity contribution in [1.82, 2.24) is 9.80 Å². The van der Waals surface area contributed by atoms with E-state index in [0.717, 1.165) is 48.9 Å². The highest BCUT2D eigenvalue weighted by molar-refractivity contribution is 6.01. The average molecular weight is 432 g/mol. The smallest absolute Gasteiger partial charge is 0.237 e. The molecular formula is C25H29N5O2. The monoisotopic (exact) mass is 431 g/mol. The van der Waals surface area contributed by atoms with Gasteiger partial charge in [0.2, 0.25) is 5.91 Å². The average Bonchev–Trinajstić information content (AvgIpc) is 2.82. The normalized spacial score (nSPS) is 20.1. The number of rotatable bonds is 2. The molecule has 2 aliphatic rings. The Morgan fingerprint density at radius 3 is 2.34 bits per heavy atom. The van der Waals surface area contributed by atoms with Crippen LogP contribution in [0.4, 0.5) is 0 Å². The van der Waals surface area contributed by atoms with E-state index < -0.39 is 5.41 Å². The number of nitrogens with zero attached hydrogens (tertiary/aromatic N) is 4. The molecule has 2 aromatic carbocycles. The highest BCUT2D eigenvalue weighted by Crippen LogP contribution is 2.48. The summed E-state index contributed by atoms with van der Waals surface area (Å²) in [7, 11) is 3.79. The molecule has 1 fully saturated rings. The van der Waals surface area contributed by atoms with Crippen LogP contribution in [0.15, 0.2) is 53.5 Å². The van der Waals surface area contributed by atoms with E-state index in [0.29, 0.717) is 5.56 Å². The molecule has 0 bridgehead atoms. The molecule has 166 valence electrons. The van der Waals surface area contributed by atoms with E-state index in [2.05, 4.69) is 24.1 Å². The molecule has 2 aliphatic heterocycles. The van der Waals surface area contributed by atoms with Gasteiger partial charge in [-0.1, -0.05) is 30.3 Å². The van der Waals surface area contributed by atoms with E-state index in [4.69, 9.17) is 15.5 Å². The van der Waals surface area contributed by atoms with Gasteiger partial charge in [-0.2, -0.15) is 5.26 Å². The van der Waals surface area contributed by atoms with Crippen LogP contribution in [0.3, 0.4) is 0 Å². The van der Waals surface area contributed by atoms with Crippen molar-refractivity contribution in [2.45, 2.75) is 25.8 Å². The highest BCUT2D eigenvalue weighted by Gasteiger charge is 2.52. The third-order valence-corrected chi connectivity index (χ3v) is 6.27. The number of nitrogens with two attached hydrogens (primary N) is 1. The Bertz CT molecular complexity index is 1060. The van der Waals surface area contributed by atoms with Crippen molar-refractivity contribution < 1.29 is 9.59 Å². The molecule has 7 nitrogen and oxygen atoms in total. The minimum Gasteiger partial charge on any atom is -0.369 e. The maximum Gasteiger partial charge on any atom is 0.237 e. The first kappa shape index (κ1) is 23.2. The Labute approximate surface area is 189 Å². The highest BCUT2D eigenvalue weighted by atomic mass is 16.2. The second-order valence-electron chi connectivity index (χ2n) is 8.27. The quantitative estimate of drug-likeness (QED) is 0.737. The van der Waals surface area contributed by atoms with Crippen molar-refractivity contribution in [3.8, 4) is 17.2 Å². The third kappa shape index (κ3) is 4.41. The van der Waals surface area contributed by atoms with Crippen molar-refractivity contribution in [3.63, 3.8) is 0 Å². The zero-order chi connectivity index (χ0) is 23.3. The van der Waals surface area contributed by atoms with Gasteiger partial charge >= 0.3 is 0 Å². The number of hydrogen-bond donors (Lipinski definition) is 1. The Kier molecular flexibility index (Phi) is 7.06. The Morgan fingerprint density at radius 1 is 1.12 bits per heavy atom. The Hall–Kier alpha value is -3.50. The minimum absolute atomic E-state index is 0.0555. The topological polar surface area (TPSA) is 103 Å². The fraction of sp³-hybridized carbons (Fsp3) is 0.360. The zero-order valence-electron chi connectivity index (χ0n) is 18.8. The van der Waals surface area contributed by atoms with Crippen LogP contribution in [0.25, 0.3) is 11.1 Å². The van der Waals surface area contributed by atoms with Gasteiger partial charge in [0.25, 0.3) is 0 Å². The lowest BCUT2D eigenvalue weighted by Crippen LogP contribution is -2.57. The van der Waals surface area contributed by atoms with Gasteiger partial charge in [0.1, 0.15) is 6.29 Å². The molecule has 1 unspecified atom stereocenters. The maximum atomic E-state index is 13.4. The number of piperidine rings is 1. The van der Waals surface area contributed by atoms with Gasteiger partial charge in [0.15, 0.2) is 5.96 Å². The summed E-state index contributed by atoms with van der Waals surface area (Å²) >= 11 is 0. The van der Waals surface area contributed by atoms with Crippen molar-refractivity contribution in [3.05, 3.63) is 59.7 Å². The summed E-state index contributed by atoms with van der Waals surface area (Å²) in [6, 6.07) is 17.5. The van der Waals surface area contributed by atoms with Crippen LogP contribution in [0.1, 0.15) is 36.9 Å². The van der Waals surface area contributed by atoms with Crippen LogP contribution in [-0.4, -0.2) is 55.1 Å². The van der Waals surface area contributed by atoms with Crippen molar-refractivity contribution in [1.29, 1.82) is 5.26 Å². The second-order valence-corrected chi connectivity index (χ2v) is 8.27. The number of aldehydes is 1. The Morgan fingerprint density at radius 2 is 1.72 bits per heavy atom. The number of benzene rings is 2. The van der Waals surface area contributed by atoms with Crippen LogP contribution in [-0.2, 0) is 9.59 Å². The van der Waals surface area contributed by atoms with Gasteiger partial charge in [-0.3, -0.25) is 9.69 Å². The van der Waals surface area contributed by atoms with Gasteiger partial charge in [-0.25, -0.2) is 4.99 Å². The van der Waals surface area contributed by atoms with Crippen molar-refractivity contribution >= 4 is 18.2 Å². The van der Waals surface area contributed by atoms with E-state index in [1.54, 1.807) is 13.1 Å². The third-order valence-electron chi connectivity index (χ3n) is 6.27. The number of nitriles is 1. The van der Waals surface area contributed by atoms with Gasteiger partial charge < -0.3 is 15.4 Å². The lowest BCUT2D eigenvalue weighted by Gasteiger charge is -2.47. The fourth-order valence-corrected chi connectivity index (χ4v) is 4.45. The molecule has 0 aliphatic carbocycles. The van der Waals surface area contributed by atoms with E-state index in [1.165, 1.54) is 11.8 Å². The molecule has 0 aromatic heterocycles. The first-order valence-electron chi connectivity index (χ1n) is 10.7. The van der Waals surface area contributed by atoms with E-state index in [1.807, 2.05) is 36.4 Å². The molecular weight excluding hydrogens is 402 g/mol. The lowest BCUT2D eigenvalue weighted by atomic mass is 9.68. The molecule has 2 heterocycles. The van der Waals surface area contributed by atoms with Gasteiger partial charge in [0.05, 0.1) is 23.1 Å². The summed E-state index contributed by atoms with van der Waals surface area (Å²) in [4.78, 5) is 30.7. The summed E-state index contributed by atoms with van der Waals surface area (Å²) in [6.07, 6.45) is 2.25. The molecule has 1 atom stereocenters. The molecule has 4 rings (SSSR count). The summed E-state index contributed by atoms with van der Waals surface area (Å²) in [5, 5.41) is 9.21. The number of carbonyl (C=O) groups is 2. The van der Waals surface area contributed by atoms with E-state index in [9.17, 15) is 10.1 Å². The van der Waals surface area contributed by atoms with Crippen LogP contribution in [0.5, 0.6) is 0 Å². The van der Waals surface area contributed by atoms with Gasteiger partial charge in [0, 0.05) is 7.05 Å². The minimum atomic E-state index is -0.572. The standard InChI is InChI=1S/C23H25N5O.C2H4O/c1-27-11-9-23(10-12-27)20(26-22(25)28(2)21(23)29)19-8-4-7-18(14-19)17-6-3-5-16(13-17)15-24;1-2-3/h3-8,13-14,20H,9-12H2,1-2H3,(H2,25,26);2H,1H3. The fourth-order valence-electron chi connectivity index (χ4n) is 4.45. The number of amides is 1. The summed E-state index contributed by atoms with van der Waals surface area (Å²) < 4.78 is 0. The molecule has 32 heavy (non-hydrogen) atoms. The number of likely N-dealkylation sites (tertiary alicyclic amines) is 1. The predicted molar refractivity (Wildman–Crippen MR) is 125 cm³/mol. The molecule has 1 amide bonds. The van der Waals surface area contributed by atoms with Crippen LogP contribution < -0.4 is 5.73 Å². The maximum absolute atomic E-state index is 13.4. The lowest BCUT2D eigenvalue weighted by molar-refractivity contribution is -0.143. The summed E-state index contributed by atoms with van der Waals surface area (Å²) in [6.45, 7) is 3.16. The second kappa shape index (κ2) is 9.75. The van der Waals surface area contributed by atoms with Crippen molar-refractivity contribution in [2.24, 2.45) is 16.1 Å². The summed E-state index contributed by atoms with van der Waals surface area (Å²) in [5.74, 6) is 0.321.